The van der Waals surface area contributed by atoms with E-state index in [2.05, 4.69) is 42.1 Å². The average molecular weight is 256 g/mol. The van der Waals surface area contributed by atoms with Gasteiger partial charge in [0.15, 0.2) is 0 Å². The smallest absolute Gasteiger partial charge is 0.0281 e. The molecule has 1 saturated heterocycles. The lowest BCUT2D eigenvalue weighted by Crippen LogP contribution is -2.42. The molecule has 0 aromatic rings. The molecule has 1 aliphatic heterocycles. The van der Waals surface area contributed by atoms with Crippen molar-refractivity contribution in [1.82, 2.24) is 10.2 Å². The first-order valence-corrected chi connectivity index (χ1v) is 8.40. The third kappa shape index (κ3) is 3.39. The summed E-state index contributed by atoms with van der Waals surface area (Å²) >= 11 is 2.09. The quantitative estimate of drug-likeness (QED) is 0.814. The molecule has 1 aliphatic carbocycles. The van der Waals surface area contributed by atoms with Crippen LogP contribution in [0.25, 0.3) is 0 Å². The van der Waals surface area contributed by atoms with Crippen LogP contribution in [0.3, 0.4) is 0 Å². The standard InChI is InChI=1S/C14H28N2S/c1-12(2)16-9-6-13(10-16)15-11-14(17-3)7-4-5-8-14/h12-13,15H,4-11H2,1-3H3. The van der Waals surface area contributed by atoms with Gasteiger partial charge in [-0.3, -0.25) is 4.90 Å². The highest BCUT2D eigenvalue weighted by Gasteiger charge is 2.34. The number of rotatable bonds is 5. The molecular weight excluding hydrogens is 228 g/mol. The molecule has 1 saturated carbocycles. The summed E-state index contributed by atoms with van der Waals surface area (Å²) < 4.78 is 0.561. The van der Waals surface area contributed by atoms with E-state index in [1.165, 1.54) is 51.7 Å². The van der Waals surface area contributed by atoms with E-state index in [-0.39, 0.29) is 0 Å². The van der Waals surface area contributed by atoms with Crippen LogP contribution >= 0.6 is 11.8 Å². The van der Waals surface area contributed by atoms with E-state index in [0.29, 0.717) is 10.8 Å². The number of nitrogens with zero attached hydrogens (tertiary/aromatic N) is 1. The third-order valence-corrected chi connectivity index (χ3v) is 6.03. The van der Waals surface area contributed by atoms with Crippen LogP contribution in [0, 0.1) is 0 Å². The van der Waals surface area contributed by atoms with Crippen molar-refractivity contribution in [3.63, 3.8) is 0 Å². The Bertz CT molecular complexity index is 236. The molecule has 1 atom stereocenters. The van der Waals surface area contributed by atoms with E-state index >= 15 is 0 Å². The van der Waals surface area contributed by atoms with E-state index < -0.39 is 0 Å². The van der Waals surface area contributed by atoms with Crippen LogP contribution < -0.4 is 5.32 Å². The summed E-state index contributed by atoms with van der Waals surface area (Å²) in [5.74, 6) is 0. The lowest BCUT2D eigenvalue weighted by Gasteiger charge is -2.29. The second-order valence-corrected chi connectivity index (χ2v) is 7.32. The van der Waals surface area contributed by atoms with Gasteiger partial charge >= 0.3 is 0 Å². The maximum absolute atomic E-state index is 3.84. The number of hydrogen-bond acceptors (Lipinski definition) is 3. The van der Waals surface area contributed by atoms with Crippen molar-refractivity contribution in [3.05, 3.63) is 0 Å². The van der Waals surface area contributed by atoms with Crippen LogP contribution in [0.4, 0.5) is 0 Å². The molecule has 3 heteroatoms. The van der Waals surface area contributed by atoms with Crippen LogP contribution in [0.2, 0.25) is 0 Å². The zero-order valence-electron chi connectivity index (χ0n) is 11.7. The van der Waals surface area contributed by atoms with Crippen LogP contribution in [-0.4, -0.2) is 47.6 Å². The van der Waals surface area contributed by atoms with Gasteiger partial charge in [-0.15, -0.1) is 0 Å². The average Bonchev–Trinajstić information content (AvgIpc) is 2.96. The van der Waals surface area contributed by atoms with Crippen molar-refractivity contribution in [2.75, 3.05) is 25.9 Å². The summed E-state index contributed by atoms with van der Waals surface area (Å²) in [6.45, 7) is 8.37. The predicted molar refractivity (Wildman–Crippen MR) is 77.8 cm³/mol. The maximum atomic E-state index is 3.84. The summed E-state index contributed by atoms with van der Waals surface area (Å²) in [6.07, 6.45) is 9.34. The Morgan fingerprint density at radius 3 is 2.59 bits per heavy atom. The molecule has 0 aromatic carbocycles. The largest absolute Gasteiger partial charge is 0.311 e. The minimum absolute atomic E-state index is 0.561. The summed E-state index contributed by atoms with van der Waals surface area (Å²) in [6, 6.07) is 1.45. The molecule has 0 aromatic heterocycles. The second-order valence-electron chi connectivity index (χ2n) is 6.05. The number of nitrogens with one attached hydrogen (secondary N) is 1. The van der Waals surface area contributed by atoms with Crippen molar-refractivity contribution in [2.45, 2.75) is 62.8 Å². The van der Waals surface area contributed by atoms with E-state index in [1.807, 2.05) is 0 Å². The van der Waals surface area contributed by atoms with E-state index in [0.717, 1.165) is 6.04 Å². The molecule has 0 amide bonds. The molecule has 0 bridgehead atoms. The summed E-state index contributed by atoms with van der Waals surface area (Å²) in [5, 5.41) is 3.84. The van der Waals surface area contributed by atoms with Gasteiger partial charge in [-0.1, -0.05) is 12.8 Å². The van der Waals surface area contributed by atoms with Crippen LogP contribution in [0.1, 0.15) is 46.0 Å². The van der Waals surface area contributed by atoms with Crippen molar-refractivity contribution < 1.29 is 0 Å². The number of hydrogen-bond donors (Lipinski definition) is 1. The van der Waals surface area contributed by atoms with Crippen molar-refractivity contribution in [3.8, 4) is 0 Å². The van der Waals surface area contributed by atoms with Crippen LogP contribution in [-0.2, 0) is 0 Å². The predicted octanol–water partition coefficient (Wildman–Crippen LogP) is 2.73. The Kier molecular flexibility index (Phi) is 4.79. The Labute approximate surface area is 111 Å². The van der Waals surface area contributed by atoms with Gasteiger partial charge in [-0.2, -0.15) is 11.8 Å². The molecule has 1 heterocycles. The molecule has 17 heavy (non-hydrogen) atoms. The summed E-state index contributed by atoms with van der Waals surface area (Å²) in [7, 11) is 0. The van der Waals surface area contributed by atoms with Gasteiger partial charge in [-0.05, 0) is 45.9 Å². The highest BCUT2D eigenvalue weighted by Crippen LogP contribution is 2.39. The lowest BCUT2D eigenvalue weighted by atomic mass is 10.1. The van der Waals surface area contributed by atoms with Gasteiger partial charge < -0.3 is 5.32 Å². The molecule has 2 rings (SSSR count). The molecule has 2 aliphatic rings. The molecule has 2 nitrogen and oxygen atoms in total. The van der Waals surface area contributed by atoms with Crippen molar-refractivity contribution in [1.29, 1.82) is 0 Å². The summed E-state index contributed by atoms with van der Waals surface area (Å²) in [4.78, 5) is 2.60. The fourth-order valence-electron chi connectivity index (χ4n) is 3.23. The fourth-order valence-corrected chi connectivity index (χ4v) is 4.15. The highest BCUT2D eigenvalue weighted by atomic mass is 32.2. The molecule has 2 fully saturated rings. The zero-order valence-corrected chi connectivity index (χ0v) is 12.5. The topological polar surface area (TPSA) is 15.3 Å². The molecule has 0 radical (unpaired) electrons. The summed E-state index contributed by atoms with van der Waals surface area (Å²) in [5.41, 5.74) is 0. The first-order valence-electron chi connectivity index (χ1n) is 7.18. The minimum atomic E-state index is 0.561. The van der Waals surface area contributed by atoms with Crippen LogP contribution in [0.15, 0.2) is 0 Å². The van der Waals surface area contributed by atoms with Gasteiger partial charge in [0, 0.05) is 29.9 Å². The normalized spacial score (nSPS) is 29.3. The van der Waals surface area contributed by atoms with E-state index in [1.54, 1.807) is 0 Å². The Morgan fingerprint density at radius 1 is 1.35 bits per heavy atom. The van der Waals surface area contributed by atoms with Gasteiger partial charge in [0.2, 0.25) is 0 Å². The maximum Gasteiger partial charge on any atom is 0.0281 e. The van der Waals surface area contributed by atoms with E-state index in [9.17, 15) is 0 Å². The molecule has 0 spiro atoms. The van der Waals surface area contributed by atoms with Crippen molar-refractivity contribution in [2.24, 2.45) is 0 Å². The third-order valence-electron chi connectivity index (χ3n) is 4.61. The van der Waals surface area contributed by atoms with Gasteiger partial charge in [0.25, 0.3) is 0 Å². The first kappa shape index (κ1) is 13.7. The molecule has 1 unspecified atom stereocenters. The molecular formula is C14H28N2S. The second kappa shape index (κ2) is 5.94. The van der Waals surface area contributed by atoms with E-state index in [4.69, 9.17) is 0 Å². The van der Waals surface area contributed by atoms with Gasteiger partial charge in [0.1, 0.15) is 0 Å². The monoisotopic (exact) mass is 256 g/mol. The minimum Gasteiger partial charge on any atom is -0.311 e. The molecule has 1 N–H and O–H groups in total. The Hall–Kier alpha value is 0.270. The fraction of sp³-hybridized carbons (Fsp3) is 1.00. The zero-order chi connectivity index (χ0) is 12.3. The SMILES string of the molecule is CSC1(CNC2CCN(C(C)C)C2)CCCC1. The van der Waals surface area contributed by atoms with Crippen molar-refractivity contribution >= 4 is 11.8 Å². The number of likely N-dealkylation sites (tertiary alicyclic amines) is 1. The van der Waals surface area contributed by atoms with Crippen LogP contribution in [0.5, 0.6) is 0 Å². The lowest BCUT2D eigenvalue weighted by molar-refractivity contribution is 0.267. The number of thioether (sulfide) groups is 1. The molecule has 100 valence electrons. The van der Waals surface area contributed by atoms with Gasteiger partial charge in [0.05, 0.1) is 0 Å². The first-order chi connectivity index (χ1) is 8.15. The Morgan fingerprint density at radius 2 is 2.06 bits per heavy atom. The Balaban J connectivity index is 1.75. The highest BCUT2D eigenvalue weighted by molar-refractivity contribution is 8.00. The van der Waals surface area contributed by atoms with Gasteiger partial charge in [-0.25, -0.2) is 0 Å².